The second-order valence-corrected chi connectivity index (χ2v) is 6.27. The molecule has 0 heterocycles. The molecule has 132 valence electrons. The molecule has 0 bridgehead atoms. The lowest BCUT2D eigenvalue weighted by molar-refractivity contribution is -0.114. The van der Waals surface area contributed by atoms with Crippen molar-refractivity contribution in [3.05, 3.63) is 57.6 Å². The van der Waals surface area contributed by atoms with E-state index in [1.54, 1.807) is 18.2 Å². The third-order valence-corrected chi connectivity index (χ3v) is 4.10. The number of aryl methyl sites for hydroxylation is 3. The Hall–Kier alpha value is -2.53. The van der Waals surface area contributed by atoms with Gasteiger partial charge in [-0.1, -0.05) is 29.3 Å². The summed E-state index contributed by atoms with van der Waals surface area (Å²) in [5.41, 5.74) is 4.84. The van der Waals surface area contributed by atoms with Crippen molar-refractivity contribution in [2.75, 3.05) is 24.3 Å². The van der Waals surface area contributed by atoms with Crippen molar-refractivity contribution in [2.24, 2.45) is 0 Å². The van der Waals surface area contributed by atoms with Crippen LogP contribution in [-0.2, 0) is 9.53 Å². The number of rotatable bonds is 5. The standard InChI is InChI=1S/C19H21ClN2O3/c1-11-7-12(2)18(13(3)8-11)22-17(23)10-21-16-9-14(19(24)25-4)5-6-15(16)20/h5-9,21H,10H2,1-4H3,(H,22,23). The predicted octanol–water partition coefficient (Wildman–Crippen LogP) is 4.10. The van der Waals surface area contributed by atoms with Crippen molar-refractivity contribution in [3.63, 3.8) is 0 Å². The number of ether oxygens (including phenoxy) is 1. The van der Waals surface area contributed by atoms with Crippen molar-refractivity contribution in [3.8, 4) is 0 Å². The van der Waals surface area contributed by atoms with Crippen LogP contribution in [-0.4, -0.2) is 25.5 Å². The summed E-state index contributed by atoms with van der Waals surface area (Å²) in [4.78, 5) is 23.8. The minimum Gasteiger partial charge on any atom is -0.465 e. The molecule has 2 rings (SSSR count). The van der Waals surface area contributed by atoms with Crippen molar-refractivity contribution < 1.29 is 14.3 Å². The van der Waals surface area contributed by atoms with E-state index in [9.17, 15) is 9.59 Å². The third-order valence-electron chi connectivity index (χ3n) is 3.77. The summed E-state index contributed by atoms with van der Waals surface area (Å²) >= 11 is 6.11. The second-order valence-electron chi connectivity index (χ2n) is 5.86. The Morgan fingerprint density at radius 1 is 1.08 bits per heavy atom. The molecule has 5 nitrogen and oxygen atoms in total. The largest absolute Gasteiger partial charge is 0.465 e. The van der Waals surface area contributed by atoms with Crippen molar-refractivity contribution >= 4 is 34.9 Å². The fourth-order valence-electron chi connectivity index (χ4n) is 2.64. The van der Waals surface area contributed by atoms with Crippen LogP contribution in [0, 0.1) is 20.8 Å². The van der Waals surface area contributed by atoms with Crippen molar-refractivity contribution in [1.29, 1.82) is 0 Å². The molecule has 25 heavy (non-hydrogen) atoms. The first-order chi connectivity index (χ1) is 11.8. The van der Waals surface area contributed by atoms with Gasteiger partial charge >= 0.3 is 5.97 Å². The van der Waals surface area contributed by atoms with Crippen LogP contribution in [0.2, 0.25) is 5.02 Å². The van der Waals surface area contributed by atoms with E-state index in [-0.39, 0.29) is 12.5 Å². The van der Waals surface area contributed by atoms with E-state index >= 15 is 0 Å². The van der Waals surface area contributed by atoms with Crippen LogP contribution >= 0.6 is 11.6 Å². The van der Waals surface area contributed by atoms with Gasteiger partial charge in [0.05, 0.1) is 29.9 Å². The summed E-state index contributed by atoms with van der Waals surface area (Å²) in [6.07, 6.45) is 0. The van der Waals surface area contributed by atoms with Gasteiger partial charge in [-0.25, -0.2) is 4.79 Å². The number of methoxy groups -OCH3 is 1. The molecule has 0 atom stereocenters. The minimum atomic E-state index is -0.463. The van der Waals surface area contributed by atoms with Crippen molar-refractivity contribution in [1.82, 2.24) is 0 Å². The minimum absolute atomic E-state index is 0.0249. The normalized spacial score (nSPS) is 10.3. The summed E-state index contributed by atoms with van der Waals surface area (Å²) in [6.45, 7) is 5.96. The number of anilines is 2. The van der Waals surface area contributed by atoms with Gasteiger partial charge in [0.1, 0.15) is 0 Å². The first-order valence-electron chi connectivity index (χ1n) is 7.81. The Balaban J connectivity index is 2.07. The quantitative estimate of drug-likeness (QED) is 0.788. The summed E-state index contributed by atoms with van der Waals surface area (Å²) in [5.74, 6) is -0.662. The molecule has 0 aromatic heterocycles. The average Bonchev–Trinajstić information content (AvgIpc) is 2.56. The van der Waals surface area contributed by atoms with Gasteiger partial charge in [-0.3, -0.25) is 4.79 Å². The van der Waals surface area contributed by atoms with E-state index in [2.05, 4.69) is 15.4 Å². The molecule has 0 aliphatic carbocycles. The van der Waals surface area contributed by atoms with Crippen LogP contribution in [0.1, 0.15) is 27.0 Å². The van der Waals surface area contributed by atoms with E-state index in [1.807, 2.05) is 32.9 Å². The average molecular weight is 361 g/mol. The van der Waals surface area contributed by atoms with Crippen molar-refractivity contribution in [2.45, 2.75) is 20.8 Å². The zero-order valence-corrected chi connectivity index (χ0v) is 15.5. The van der Waals surface area contributed by atoms with Crippen LogP contribution in [0.15, 0.2) is 30.3 Å². The first-order valence-corrected chi connectivity index (χ1v) is 8.19. The molecule has 0 aliphatic heterocycles. The number of carbonyl (C=O) groups excluding carboxylic acids is 2. The molecule has 0 saturated carbocycles. The smallest absolute Gasteiger partial charge is 0.337 e. The molecule has 0 saturated heterocycles. The van der Waals surface area contributed by atoms with Crippen LogP contribution < -0.4 is 10.6 Å². The maximum Gasteiger partial charge on any atom is 0.337 e. The zero-order chi connectivity index (χ0) is 18.6. The summed E-state index contributed by atoms with van der Waals surface area (Å²) in [6, 6.07) is 8.75. The Kier molecular flexibility index (Phi) is 6.04. The van der Waals surface area contributed by atoms with Gasteiger partial charge in [0.25, 0.3) is 0 Å². The predicted molar refractivity (Wildman–Crippen MR) is 101 cm³/mol. The highest BCUT2D eigenvalue weighted by molar-refractivity contribution is 6.33. The summed E-state index contributed by atoms with van der Waals surface area (Å²) < 4.78 is 4.68. The molecule has 0 radical (unpaired) electrons. The lowest BCUT2D eigenvalue weighted by Gasteiger charge is -2.14. The lowest BCUT2D eigenvalue weighted by Crippen LogP contribution is -2.23. The highest BCUT2D eigenvalue weighted by Crippen LogP contribution is 2.24. The lowest BCUT2D eigenvalue weighted by atomic mass is 10.1. The van der Waals surface area contributed by atoms with Crippen LogP contribution in [0.5, 0.6) is 0 Å². The van der Waals surface area contributed by atoms with Crippen LogP contribution in [0.3, 0.4) is 0 Å². The molecular formula is C19H21ClN2O3. The highest BCUT2D eigenvalue weighted by atomic mass is 35.5. The number of hydrogen-bond donors (Lipinski definition) is 2. The maximum atomic E-state index is 12.3. The second kappa shape index (κ2) is 8.03. The SMILES string of the molecule is COC(=O)c1ccc(Cl)c(NCC(=O)Nc2c(C)cc(C)cc2C)c1. The van der Waals surface area contributed by atoms with E-state index in [4.69, 9.17) is 11.6 Å². The Morgan fingerprint density at radius 3 is 2.32 bits per heavy atom. The Bertz CT molecular complexity index is 795. The monoisotopic (exact) mass is 360 g/mol. The number of halogens is 1. The van der Waals surface area contributed by atoms with E-state index < -0.39 is 5.97 Å². The number of esters is 1. The van der Waals surface area contributed by atoms with E-state index in [0.29, 0.717) is 16.3 Å². The van der Waals surface area contributed by atoms with Gasteiger partial charge in [0.2, 0.25) is 5.91 Å². The number of amides is 1. The first kappa shape index (κ1) is 18.8. The summed E-state index contributed by atoms with van der Waals surface area (Å²) in [5, 5.41) is 6.28. The van der Waals surface area contributed by atoms with Crippen LogP contribution in [0.4, 0.5) is 11.4 Å². The number of benzene rings is 2. The maximum absolute atomic E-state index is 12.3. The summed E-state index contributed by atoms with van der Waals surface area (Å²) in [7, 11) is 1.31. The molecule has 6 heteroatoms. The zero-order valence-electron chi connectivity index (χ0n) is 14.7. The molecular weight excluding hydrogens is 340 g/mol. The fraction of sp³-hybridized carbons (Fsp3) is 0.263. The number of nitrogens with one attached hydrogen (secondary N) is 2. The molecule has 2 N–H and O–H groups in total. The number of carbonyl (C=O) groups is 2. The van der Waals surface area contributed by atoms with Gasteiger partial charge in [0.15, 0.2) is 0 Å². The van der Waals surface area contributed by atoms with E-state index in [1.165, 1.54) is 7.11 Å². The van der Waals surface area contributed by atoms with Gasteiger partial charge in [0, 0.05) is 5.69 Å². The van der Waals surface area contributed by atoms with Gasteiger partial charge in [-0.2, -0.15) is 0 Å². The molecule has 0 spiro atoms. The molecule has 2 aromatic carbocycles. The van der Waals surface area contributed by atoms with Gasteiger partial charge in [-0.05, 0) is 50.1 Å². The molecule has 0 fully saturated rings. The molecule has 1 amide bonds. The molecule has 2 aromatic rings. The van der Waals surface area contributed by atoms with Crippen LogP contribution in [0.25, 0.3) is 0 Å². The van der Waals surface area contributed by atoms with Gasteiger partial charge in [-0.15, -0.1) is 0 Å². The fourth-order valence-corrected chi connectivity index (χ4v) is 2.83. The molecule has 0 aliphatic rings. The van der Waals surface area contributed by atoms with E-state index in [0.717, 1.165) is 22.4 Å². The topological polar surface area (TPSA) is 67.4 Å². The Labute approximate surface area is 152 Å². The molecule has 0 unspecified atom stereocenters. The van der Waals surface area contributed by atoms with Gasteiger partial charge < -0.3 is 15.4 Å². The Morgan fingerprint density at radius 2 is 1.72 bits per heavy atom. The highest BCUT2D eigenvalue weighted by Gasteiger charge is 2.11. The third kappa shape index (κ3) is 4.73. The number of hydrogen-bond acceptors (Lipinski definition) is 4.